The van der Waals surface area contributed by atoms with Crippen LogP contribution in [-0.2, 0) is 4.74 Å². The second kappa shape index (κ2) is 4.03. The smallest absolute Gasteiger partial charge is 0.268 e. The van der Waals surface area contributed by atoms with Crippen LogP contribution in [0.3, 0.4) is 0 Å². The maximum atomic E-state index is 12.2. The minimum atomic E-state index is 0.160. The third-order valence-corrected chi connectivity index (χ3v) is 4.25. The van der Waals surface area contributed by atoms with Gasteiger partial charge < -0.3 is 4.74 Å². The van der Waals surface area contributed by atoms with Crippen LogP contribution >= 0.6 is 11.5 Å². The predicted molar refractivity (Wildman–Crippen MR) is 65.2 cm³/mol. The Kier molecular flexibility index (Phi) is 2.53. The van der Waals surface area contributed by atoms with Crippen molar-refractivity contribution in [1.82, 2.24) is 3.96 Å². The van der Waals surface area contributed by atoms with E-state index >= 15 is 0 Å². The van der Waals surface area contributed by atoms with E-state index < -0.39 is 0 Å². The zero-order valence-electron chi connectivity index (χ0n) is 8.89. The van der Waals surface area contributed by atoms with Crippen LogP contribution in [-0.4, -0.2) is 17.2 Å². The van der Waals surface area contributed by atoms with Gasteiger partial charge in [-0.2, -0.15) is 0 Å². The van der Waals surface area contributed by atoms with Gasteiger partial charge in [-0.15, -0.1) is 0 Å². The average Bonchev–Trinajstić information content (AvgIpc) is 2.69. The highest BCUT2D eigenvalue weighted by Gasteiger charge is 2.19. The number of hydrogen-bond acceptors (Lipinski definition) is 3. The monoisotopic (exact) mass is 235 g/mol. The van der Waals surface area contributed by atoms with E-state index in [2.05, 4.69) is 0 Å². The largest absolute Gasteiger partial charge is 0.381 e. The van der Waals surface area contributed by atoms with Crippen molar-refractivity contribution in [1.29, 1.82) is 0 Å². The third kappa shape index (κ3) is 1.58. The molecule has 0 bridgehead atoms. The summed E-state index contributed by atoms with van der Waals surface area (Å²) in [7, 11) is 0. The molecule has 1 aromatic heterocycles. The van der Waals surface area contributed by atoms with Gasteiger partial charge in [-0.3, -0.25) is 8.75 Å². The number of fused-ring (bicyclic) bond motifs is 1. The molecule has 0 radical (unpaired) electrons. The van der Waals surface area contributed by atoms with Gasteiger partial charge in [0, 0.05) is 13.2 Å². The molecular formula is C12H13NO2S. The molecule has 1 aliphatic rings. The fourth-order valence-corrected chi connectivity index (χ4v) is 3.30. The summed E-state index contributed by atoms with van der Waals surface area (Å²) in [6, 6.07) is 8.15. The second-order valence-corrected chi connectivity index (χ2v) is 5.08. The molecule has 1 aromatic carbocycles. The molecule has 3 nitrogen and oxygen atoms in total. The summed E-state index contributed by atoms with van der Waals surface area (Å²) in [4.78, 5) is 12.2. The lowest BCUT2D eigenvalue weighted by molar-refractivity contribution is 0.0716. The minimum absolute atomic E-state index is 0.160. The van der Waals surface area contributed by atoms with Gasteiger partial charge in [0.1, 0.15) is 0 Å². The molecule has 1 saturated heterocycles. The lowest BCUT2D eigenvalue weighted by Gasteiger charge is -2.21. The van der Waals surface area contributed by atoms with Crippen LogP contribution in [0.4, 0.5) is 0 Å². The topological polar surface area (TPSA) is 31.2 Å². The van der Waals surface area contributed by atoms with Crippen molar-refractivity contribution in [2.24, 2.45) is 0 Å². The van der Waals surface area contributed by atoms with Crippen LogP contribution in [0.2, 0.25) is 0 Å². The highest BCUT2D eigenvalue weighted by molar-refractivity contribution is 7.13. The molecule has 0 saturated carbocycles. The normalized spacial score (nSPS) is 18.0. The second-order valence-electron chi connectivity index (χ2n) is 4.06. The Morgan fingerprint density at radius 2 is 2.00 bits per heavy atom. The van der Waals surface area contributed by atoms with Gasteiger partial charge >= 0.3 is 0 Å². The van der Waals surface area contributed by atoms with Crippen LogP contribution in [0, 0.1) is 0 Å². The lowest BCUT2D eigenvalue weighted by atomic mass is 10.1. The van der Waals surface area contributed by atoms with E-state index in [-0.39, 0.29) is 5.56 Å². The summed E-state index contributed by atoms with van der Waals surface area (Å²) < 4.78 is 8.33. The zero-order valence-corrected chi connectivity index (χ0v) is 9.70. The molecule has 2 heterocycles. The van der Waals surface area contributed by atoms with E-state index in [1.165, 1.54) is 0 Å². The molecule has 3 rings (SSSR count). The molecule has 0 unspecified atom stereocenters. The number of aromatic nitrogens is 1. The van der Waals surface area contributed by atoms with E-state index in [9.17, 15) is 4.79 Å². The van der Waals surface area contributed by atoms with Gasteiger partial charge in [-0.05, 0) is 25.0 Å². The fraction of sp³-hybridized carbons (Fsp3) is 0.417. The summed E-state index contributed by atoms with van der Waals surface area (Å²) in [6.07, 6.45) is 1.90. The van der Waals surface area contributed by atoms with Gasteiger partial charge in [-0.25, -0.2) is 0 Å². The standard InChI is InChI=1S/C12H13NO2S/c14-12-10-3-1-2-4-11(10)16-13(12)9-5-7-15-8-6-9/h1-4,9H,5-8H2. The molecule has 1 fully saturated rings. The number of hydrogen-bond donors (Lipinski definition) is 0. The Labute approximate surface area is 97.4 Å². The number of rotatable bonds is 1. The molecule has 4 heteroatoms. The SMILES string of the molecule is O=c1c2ccccc2sn1C1CCOCC1. The molecule has 2 aromatic rings. The van der Waals surface area contributed by atoms with Crippen molar-refractivity contribution >= 4 is 21.6 Å². The Hall–Kier alpha value is -1.13. The molecule has 0 N–H and O–H groups in total. The van der Waals surface area contributed by atoms with Crippen molar-refractivity contribution in [3.8, 4) is 0 Å². The molecular weight excluding hydrogens is 222 g/mol. The Morgan fingerprint density at radius 1 is 1.25 bits per heavy atom. The van der Waals surface area contributed by atoms with Gasteiger partial charge in [0.05, 0.1) is 16.1 Å². The van der Waals surface area contributed by atoms with Crippen LogP contribution in [0.1, 0.15) is 18.9 Å². The number of nitrogens with zero attached hydrogens (tertiary/aromatic N) is 1. The molecule has 0 amide bonds. The first-order valence-corrected chi connectivity index (χ1v) is 6.32. The van der Waals surface area contributed by atoms with Crippen molar-refractivity contribution in [2.75, 3.05) is 13.2 Å². The van der Waals surface area contributed by atoms with Crippen molar-refractivity contribution in [3.63, 3.8) is 0 Å². The Morgan fingerprint density at radius 3 is 2.75 bits per heavy atom. The molecule has 0 aliphatic carbocycles. The maximum Gasteiger partial charge on any atom is 0.268 e. The van der Waals surface area contributed by atoms with Gasteiger partial charge in [-0.1, -0.05) is 23.7 Å². The van der Waals surface area contributed by atoms with Gasteiger partial charge in [0.2, 0.25) is 0 Å². The summed E-state index contributed by atoms with van der Waals surface area (Å²) in [5.74, 6) is 0. The van der Waals surface area contributed by atoms with Gasteiger partial charge in [0.25, 0.3) is 5.56 Å². The highest BCUT2D eigenvalue weighted by Crippen LogP contribution is 2.25. The first-order valence-electron chi connectivity index (χ1n) is 5.54. The van der Waals surface area contributed by atoms with E-state index in [4.69, 9.17) is 4.74 Å². The summed E-state index contributed by atoms with van der Waals surface area (Å²) >= 11 is 1.58. The predicted octanol–water partition coefficient (Wildman–Crippen LogP) is 2.41. The van der Waals surface area contributed by atoms with E-state index in [1.54, 1.807) is 11.5 Å². The van der Waals surface area contributed by atoms with Crippen molar-refractivity contribution in [2.45, 2.75) is 18.9 Å². The average molecular weight is 235 g/mol. The number of ether oxygens (including phenoxy) is 1. The van der Waals surface area contributed by atoms with Crippen LogP contribution in [0.5, 0.6) is 0 Å². The lowest BCUT2D eigenvalue weighted by Crippen LogP contribution is -2.25. The van der Waals surface area contributed by atoms with Crippen LogP contribution in [0.25, 0.3) is 10.1 Å². The minimum Gasteiger partial charge on any atom is -0.381 e. The maximum absolute atomic E-state index is 12.2. The molecule has 0 spiro atoms. The number of benzene rings is 1. The summed E-state index contributed by atoms with van der Waals surface area (Å²) in [5, 5.41) is 0.846. The van der Waals surface area contributed by atoms with Crippen molar-refractivity contribution < 1.29 is 4.74 Å². The Bertz CT molecular complexity index is 551. The molecule has 16 heavy (non-hydrogen) atoms. The molecule has 1 aliphatic heterocycles. The quantitative estimate of drug-likeness (QED) is 0.760. The Balaban J connectivity index is 2.09. The van der Waals surface area contributed by atoms with Crippen LogP contribution < -0.4 is 5.56 Å². The van der Waals surface area contributed by atoms with Crippen molar-refractivity contribution in [3.05, 3.63) is 34.6 Å². The molecule has 84 valence electrons. The highest BCUT2D eigenvalue weighted by atomic mass is 32.1. The van der Waals surface area contributed by atoms with E-state index in [0.29, 0.717) is 6.04 Å². The molecule has 0 atom stereocenters. The van der Waals surface area contributed by atoms with Gasteiger partial charge in [0.15, 0.2) is 0 Å². The summed E-state index contributed by atoms with van der Waals surface area (Å²) in [5.41, 5.74) is 0.160. The van der Waals surface area contributed by atoms with E-state index in [1.807, 2.05) is 28.2 Å². The van der Waals surface area contributed by atoms with E-state index in [0.717, 1.165) is 36.1 Å². The van der Waals surface area contributed by atoms with Crippen LogP contribution in [0.15, 0.2) is 29.1 Å². The first-order chi connectivity index (χ1) is 7.86. The third-order valence-electron chi connectivity index (χ3n) is 3.04. The summed E-state index contributed by atoms with van der Waals surface area (Å²) in [6.45, 7) is 1.54. The first kappa shape index (κ1) is 10.1. The zero-order chi connectivity index (χ0) is 11.0. The fourth-order valence-electron chi connectivity index (χ4n) is 2.15.